The highest BCUT2D eigenvalue weighted by molar-refractivity contribution is 5.90. The number of para-hydroxylation sites is 1. The summed E-state index contributed by atoms with van der Waals surface area (Å²) in [7, 11) is 1.75. The van der Waals surface area contributed by atoms with Crippen molar-refractivity contribution < 1.29 is 14.7 Å². The van der Waals surface area contributed by atoms with Gasteiger partial charge >= 0.3 is 0 Å². The lowest BCUT2D eigenvalue weighted by Gasteiger charge is -2.34. The summed E-state index contributed by atoms with van der Waals surface area (Å²) in [5, 5.41) is 15.7. The highest BCUT2D eigenvalue weighted by atomic mass is 16.3. The fraction of sp³-hybridized carbons (Fsp3) is 0.517. The Morgan fingerprint density at radius 1 is 1.08 bits per heavy atom. The van der Waals surface area contributed by atoms with Crippen molar-refractivity contribution in [3.63, 3.8) is 0 Å². The van der Waals surface area contributed by atoms with Crippen LogP contribution in [0.15, 0.2) is 54.6 Å². The number of nitrogens with zero attached hydrogens (tertiary/aromatic N) is 2. The number of anilines is 2. The quantitative estimate of drug-likeness (QED) is 0.415. The van der Waals surface area contributed by atoms with Gasteiger partial charge in [-0.2, -0.15) is 0 Å². The van der Waals surface area contributed by atoms with E-state index in [1.165, 1.54) is 0 Å². The van der Waals surface area contributed by atoms with Crippen molar-refractivity contribution in [3.8, 4) is 0 Å². The maximum atomic E-state index is 13.9. The molecule has 0 aliphatic carbocycles. The van der Waals surface area contributed by atoms with Crippen LogP contribution < -0.4 is 15.5 Å². The third-order valence-corrected chi connectivity index (χ3v) is 7.40. The van der Waals surface area contributed by atoms with Crippen molar-refractivity contribution >= 4 is 23.2 Å². The number of nitrogens with one attached hydrogen (secondary N) is 2. The third-order valence-electron chi connectivity index (χ3n) is 7.40. The van der Waals surface area contributed by atoms with Gasteiger partial charge in [0.2, 0.25) is 11.8 Å². The first-order chi connectivity index (χ1) is 17.4. The van der Waals surface area contributed by atoms with Crippen LogP contribution in [0, 0.1) is 5.92 Å². The maximum absolute atomic E-state index is 13.9. The predicted octanol–water partition coefficient (Wildman–Crippen LogP) is 4.01. The average molecular weight is 495 g/mol. The van der Waals surface area contributed by atoms with Crippen molar-refractivity contribution in [2.24, 2.45) is 5.92 Å². The molecule has 0 aromatic heterocycles. The highest BCUT2D eigenvalue weighted by Crippen LogP contribution is 2.36. The number of carbonyl (C=O) groups excluding carboxylic acids is 2. The van der Waals surface area contributed by atoms with Gasteiger partial charge in [0, 0.05) is 24.5 Å². The summed E-state index contributed by atoms with van der Waals surface area (Å²) in [5.41, 5.74) is 3.08. The van der Waals surface area contributed by atoms with Crippen LogP contribution in [0.1, 0.15) is 58.1 Å². The summed E-state index contributed by atoms with van der Waals surface area (Å²) >= 11 is 0. The van der Waals surface area contributed by atoms with Gasteiger partial charge in [-0.15, -0.1) is 0 Å². The first-order valence-corrected chi connectivity index (χ1v) is 13.3. The fourth-order valence-corrected chi connectivity index (χ4v) is 5.12. The fourth-order valence-electron chi connectivity index (χ4n) is 5.12. The van der Waals surface area contributed by atoms with E-state index >= 15 is 0 Å². The van der Waals surface area contributed by atoms with E-state index in [2.05, 4.69) is 41.5 Å². The van der Waals surface area contributed by atoms with Gasteiger partial charge in [-0.05, 0) is 62.6 Å². The van der Waals surface area contributed by atoms with E-state index in [1.807, 2.05) is 47.4 Å². The molecule has 7 heteroatoms. The van der Waals surface area contributed by atoms with Crippen molar-refractivity contribution in [1.82, 2.24) is 15.5 Å². The molecular formula is C29H42N4O3. The molecule has 7 nitrogen and oxygen atoms in total. The van der Waals surface area contributed by atoms with Crippen molar-refractivity contribution in [1.29, 1.82) is 0 Å². The minimum absolute atomic E-state index is 0.00327. The van der Waals surface area contributed by atoms with Gasteiger partial charge in [0.1, 0.15) is 6.04 Å². The van der Waals surface area contributed by atoms with Crippen LogP contribution in [0.4, 0.5) is 11.4 Å². The second kappa shape index (κ2) is 13.4. The van der Waals surface area contributed by atoms with Gasteiger partial charge in [-0.3, -0.25) is 9.59 Å². The lowest BCUT2D eigenvalue weighted by Crippen LogP contribution is -2.55. The molecule has 1 aliphatic rings. The summed E-state index contributed by atoms with van der Waals surface area (Å²) in [6.07, 6.45) is 3.46. The molecular weight excluding hydrogens is 452 g/mol. The van der Waals surface area contributed by atoms with Gasteiger partial charge in [-0.25, -0.2) is 0 Å². The zero-order chi connectivity index (χ0) is 26.1. The van der Waals surface area contributed by atoms with Gasteiger partial charge in [0.25, 0.3) is 0 Å². The van der Waals surface area contributed by atoms with Gasteiger partial charge in [-0.1, -0.05) is 57.0 Å². The molecule has 0 saturated carbocycles. The molecule has 2 amide bonds. The molecule has 0 radical (unpaired) electrons. The molecule has 1 saturated heterocycles. The Balaban J connectivity index is 1.89. The molecule has 2 aromatic rings. The topological polar surface area (TPSA) is 84.9 Å². The number of aliphatic hydroxyl groups excluding tert-OH is 1. The summed E-state index contributed by atoms with van der Waals surface area (Å²) < 4.78 is 0. The summed E-state index contributed by atoms with van der Waals surface area (Å²) in [5.74, 6) is -0.0669. The second-order valence-corrected chi connectivity index (χ2v) is 9.57. The van der Waals surface area contributed by atoms with Crippen molar-refractivity contribution in [2.75, 3.05) is 31.6 Å². The third kappa shape index (κ3) is 6.45. The minimum atomic E-state index is -0.540. The van der Waals surface area contributed by atoms with Gasteiger partial charge in [0.15, 0.2) is 0 Å². The molecule has 0 unspecified atom stereocenters. The summed E-state index contributed by atoms with van der Waals surface area (Å²) in [4.78, 5) is 30.7. The zero-order valence-corrected chi connectivity index (χ0v) is 22.1. The first-order valence-electron chi connectivity index (χ1n) is 13.3. The van der Waals surface area contributed by atoms with Crippen LogP contribution in [0.3, 0.4) is 0 Å². The molecule has 1 aliphatic heterocycles. The van der Waals surface area contributed by atoms with E-state index in [1.54, 1.807) is 14.0 Å². The Morgan fingerprint density at radius 3 is 2.42 bits per heavy atom. The molecule has 2 aromatic carbocycles. The highest BCUT2D eigenvalue weighted by Gasteiger charge is 2.38. The van der Waals surface area contributed by atoms with Crippen molar-refractivity contribution in [3.05, 3.63) is 60.2 Å². The van der Waals surface area contributed by atoms with E-state index < -0.39 is 6.04 Å². The Hall–Kier alpha value is -2.90. The number of aliphatic hydroxyl groups is 1. The van der Waals surface area contributed by atoms with Crippen LogP contribution >= 0.6 is 0 Å². The van der Waals surface area contributed by atoms with Crippen molar-refractivity contribution in [2.45, 2.75) is 64.6 Å². The lowest BCUT2D eigenvalue weighted by molar-refractivity contribution is -0.139. The zero-order valence-electron chi connectivity index (χ0n) is 22.1. The first kappa shape index (κ1) is 27.7. The molecule has 0 bridgehead atoms. The number of amides is 2. The van der Waals surface area contributed by atoms with Gasteiger partial charge in [0.05, 0.1) is 18.7 Å². The molecule has 3 N–H and O–H groups in total. The number of hydrogen-bond acceptors (Lipinski definition) is 5. The summed E-state index contributed by atoms with van der Waals surface area (Å²) in [6, 6.07) is 17.3. The predicted molar refractivity (Wildman–Crippen MR) is 145 cm³/mol. The van der Waals surface area contributed by atoms with E-state index in [0.717, 1.165) is 42.6 Å². The largest absolute Gasteiger partial charge is 0.395 e. The normalized spacial score (nSPS) is 17.2. The number of likely N-dealkylation sites (N-methyl/N-ethyl adjacent to an activating group) is 1. The molecule has 196 valence electrons. The summed E-state index contributed by atoms with van der Waals surface area (Å²) in [6.45, 7) is 7.15. The number of hydrogen-bond donors (Lipinski definition) is 3. The van der Waals surface area contributed by atoms with Crippen LogP contribution in [-0.4, -0.2) is 60.6 Å². The Labute approximate surface area is 215 Å². The van der Waals surface area contributed by atoms with E-state index in [0.29, 0.717) is 13.1 Å². The number of benzene rings is 2. The van der Waals surface area contributed by atoms with Crippen LogP contribution in [0.5, 0.6) is 0 Å². The van der Waals surface area contributed by atoms with E-state index in [-0.39, 0.29) is 36.4 Å². The lowest BCUT2D eigenvalue weighted by atomic mass is 9.92. The van der Waals surface area contributed by atoms with Crippen LogP contribution in [-0.2, 0) is 9.59 Å². The Morgan fingerprint density at radius 2 is 1.78 bits per heavy atom. The SMILES string of the molecule is CCC(CC)[C@H](NC(=O)[C@H](C)NC)C(=O)N1CCC[C@H]1c1cccc(N(CCO)c2ccccc2)c1. The molecule has 1 fully saturated rings. The smallest absolute Gasteiger partial charge is 0.245 e. The minimum Gasteiger partial charge on any atom is -0.395 e. The standard InChI is InChI=1S/C29H42N4O3/c1-5-22(6-2)27(31-28(35)21(3)30-4)29(36)33-17-11-16-26(33)23-12-10-15-25(20-23)32(18-19-34)24-13-8-7-9-14-24/h7-10,12-15,20-22,26-27,30,34H,5-6,11,16-19H2,1-4H3,(H,31,35)/t21-,26-,27-/m0/s1. The Bertz CT molecular complexity index is 979. The molecule has 1 heterocycles. The van der Waals surface area contributed by atoms with E-state index in [9.17, 15) is 14.7 Å². The van der Waals surface area contributed by atoms with Crippen LogP contribution in [0.2, 0.25) is 0 Å². The average Bonchev–Trinajstić information content (AvgIpc) is 3.41. The van der Waals surface area contributed by atoms with Crippen LogP contribution in [0.25, 0.3) is 0 Å². The maximum Gasteiger partial charge on any atom is 0.245 e. The monoisotopic (exact) mass is 494 g/mol. The second-order valence-electron chi connectivity index (χ2n) is 9.57. The number of likely N-dealkylation sites (tertiary alicyclic amines) is 1. The molecule has 3 atom stereocenters. The molecule has 0 spiro atoms. The van der Waals surface area contributed by atoms with Gasteiger partial charge < -0.3 is 25.5 Å². The Kier molecular flexibility index (Phi) is 10.3. The van der Waals surface area contributed by atoms with E-state index in [4.69, 9.17) is 0 Å². The number of carbonyl (C=O) groups is 2. The number of rotatable bonds is 12. The molecule has 3 rings (SSSR count). The molecule has 36 heavy (non-hydrogen) atoms.